The summed E-state index contributed by atoms with van der Waals surface area (Å²) in [4.78, 5) is 60.2. The lowest BCUT2D eigenvalue weighted by molar-refractivity contribution is -0.144. The van der Waals surface area contributed by atoms with E-state index in [1.807, 2.05) is 31.2 Å². The summed E-state index contributed by atoms with van der Waals surface area (Å²) >= 11 is 1.56. The van der Waals surface area contributed by atoms with E-state index in [1.165, 1.54) is 17.0 Å². The number of β-amino-alcohol motifs (C(OH)–C–C–N with tert-alkyl or cyclic N) is 1. The lowest BCUT2D eigenvalue weighted by Crippen LogP contribution is -2.58. The van der Waals surface area contributed by atoms with E-state index in [0.717, 1.165) is 39.2 Å². The Morgan fingerprint density at radius 2 is 1.66 bits per heavy atom. The summed E-state index contributed by atoms with van der Waals surface area (Å²) in [5.41, 5.74) is 5.21. The minimum absolute atomic E-state index is 0.0521. The second kappa shape index (κ2) is 19.5. The van der Waals surface area contributed by atoms with Crippen LogP contribution in [0.5, 0.6) is 0 Å². The fourth-order valence-corrected chi connectivity index (χ4v) is 8.61. The summed E-state index contributed by atoms with van der Waals surface area (Å²) in [5, 5.41) is 25.0. The molecule has 7 rings (SSSR count). The van der Waals surface area contributed by atoms with Crippen LogP contribution >= 0.6 is 11.3 Å². The van der Waals surface area contributed by atoms with Gasteiger partial charge in [0.1, 0.15) is 18.7 Å². The maximum absolute atomic E-state index is 13.9. The Hall–Kier alpha value is -6.15. The first-order valence-electron chi connectivity index (χ1n) is 21.0. The molecule has 344 valence electrons. The van der Waals surface area contributed by atoms with E-state index in [4.69, 9.17) is 9.47 Å². The fourth-order valence-electron chi connectivity index (χ4n) is 7.80. The summed E-state index contributed by atoms with van der Waals surface area (Å²) in [5.74, 6) is -1.79. The van der Waals surface area contributed by atoms with Gasteiger partial charge in [-0.3, -0.25) is 28.4 Å². The van der Waals surface area contributed by atoms with E-state index in [9.17, 15) is 37.5 Å². The molecule has 0 radical (unpaired) electrons. The molecule has 4 N–H and O–H groups in total. The van der Waals surface area contributed by atoms with Gasteiger partial charge in [0.15, 0.2) is 5.65 Å². The third-order valence-corrected chi connectivity index (χ3v) is 12.1. The van der Waals surface area contributed by atoms with E-state index in [-0.39, 0.29) is 58.4 Å². The van der Waals surface area contributed by atoms with E-state index in [2.05, 4.69) is 26.0 Å². The number of nitrogens with zero attached hydrogens (tertiary/aromatic N) is 5. The van der Waals surface area contributed by atoms with Gasteiger partial charge in [0, 0.05) is 61.3 Å². The van der Waals surface area contributed by atoms with Crippen molar-refractivity contribution in [1.29, 1.82) is 0 Å². The Kier molecular flexibility index (Phi) is 14.1. The van der Waals surface area contributed by atoms with E-state index in [1.54, 1.807) is 78.3 Å². The highest BCUT2D eigenvalue weighted by Crippen LogP contribution is 2.35. The molecule has 19 heteroatoms. The van der Waals surface area contributed by atoms with Gasteiger partial charge >= 0.3 is 6.18 Å². The van der Waals surface area contributed by atoms with Crippen molar-refractivity contribution in [3.63, 3.8) is 0 Å². The van der Waals surface area contributed by atoms with Crippen molar-refractivity contribution in [3.8, 4) is 16.1 Å². The Morgan fingerprint density at radius 1 is 0.938 bits per heavy atom. The van der Waals surface area contributed by atoms with Crippen LogP contribution in [0.4, 0.5) is 13.2 Å². The maximum Gasteiger partial charge on any atom is 0.416 e. The van der Waals surface area contributed by atoms with Crippen molar-refractivity contribution < 1.29 is 46.9 Å². The number of thiazole rings is 1. The molecule has 3 aromatic carbocycles. The van der Waals surface area contributed by atoms with E-state index >= 15 is 0 Å². The molecule has 0 aliphatic carbocycles. The number of likely N-dealkylation sites (tertiary alicyclic amines) is 1. The van der Waals surface area contributed by atoms with Gasteiger partial charge < -0.3 is 35.4 Å². The predicted octanol–water partition coefficient (Wildman–Crippen LogP) is 5.54. The van der Waals surface area contributed by atoms with Gasteiger partial charge in [0.2, 0.25) is 17.7 Å². The van der Waals surface area contributed by atoms with Gasteiger partial charge in [0.05, 0.1) is 53.1 Å². The number of aliphatic hydroxyl groups is 1. The second-order valence-electron chi connectivity index (χ2n) is 17.0. The van der Waals surface area contributed by atoms with Crippen LogP contribution in [0.3, 0.4) is 0 Å². The Morgan fingerprint density at radius 3 is 2.34 bits per heavy atom. The highest BCUT2D eigenvalue weighted by molar-refractivity contribution is 7.13. The Labute approximate surface area is 376 Å². The molecular formula is C46H51F3N8O7S. The summed E-state index contributed by atoms with van der Waals surface area (Å²) in [7, 11) is 1.74. The Bertz CT molecular complexity index is 2670. The van der Waals surface area contributed by atoms with Crippen molar-refractivity contribution in [3.05, 3.63) is 101 Å². The molecule has 3 aromatic heterocycles. The molecule has 1 saturated heterocycles. The molecule has 6 aromatic rings. The number of aliphatic hydroxyl groups excluding tert-OH is 1. The Balaban J connectivity index is 0.847. The molecule has 0 bridgehead atoms. The number of halogens is 3. The SMILES string of the molecule is Cc1ncsc1-c1ccc(CNC(=O)C2C[C@@H](O)CN2C(=O)[C@@H](NC(=O)COCCOCCNC(=O)c2ccc3c(c2)c2cn(C)nc2n3-c2ccc(C(F)(F)F)cc2)C(C)(C)C)cc1. The first-order valence-corrected chi connectivity index (χ1v) is 21.9. The van der Waals surface area contributed by atoms with Crippen LogP contribution in [0.1, 0.15) is 54.4 Å². The highest BCUT2D eigenvalue weighted by Gasteiger charge is 2.44. The molecule has 1 aliphatic rings. The number of alkyl halides is 3. The molecule has 4 heterocycles. The fraction of sp³-hybridized carbons (Fsp3) is 0.391. The third-order valence-electron chi connectivity index (χ3n) is 11.1. The van der Waals surface area contributed by atoms with Crippen LogP contribution in [0.15, 0.2) is 78.4 Å². The van der Waals surface area contributed by atoms with Gasteiger partial charge in [-0.15, -0.1) is 11.3 Å². The first kappa shape index (κ1) is 46.8. The van der Waals surface area contributed by atoms with Crippen LogP contribution in [0.2, 0.25) is 0 Å². The lowest BCUT2D eigenvalue weighted by Gasteiger charge is -2.35. The minimum atomic E-state index is -4.47. The van der Waals surface area contributed by atoms with Gasteiger partial charge in [-0.1, -0.05) is 45.0 Å². The normalized spacial score (nSPS) is 16.0. The number of nitrogens with one attached hydrogen (secondary N) is 3. The van der Waals surface area contributed by atoms with Crippen LogP contribution < -0.4 is 16.0 Å². The van der Waals surface area contributed by atoms with Gasteiger partial charge in [-0.25, -0.2) is 4.98 Å². The zero-order valence-electron chi connectivity index (χ0n) is 36.6. The second-order valence-corrected chi connectivity index (χ2v) is 17.9. The van der Waals surface area contributed by atoms with Crippen LogP contribution in [0, 0.1) is 12.3 Å². The third kappa shape index (κ3) is 10.9. The highest BCUT2D eigenvalue weighted by atomic mass is 32.1. The topological polar surface area (TPSA) is 182 Å². The molecule has 0 spiro atoms. The van der Waals surface area contributed by atoms with Crippen LogP contribution in [-0.2, 0) is 43.6 Å². The number of amides is 4. The van der Waals surface area contributed by atoms with E-state index < -0.39 is 53.1 Å². The number of aromatic nitrogens is 4. The quantitative estimate of drug-likeness (QED) is 0.0907. The molecule has 1 unspecified atom stereocenters. The molecule has 15 nitrogen and oxygen atoms in total. The maximum atomic E-state index is 13.9. The predicted molar refractivity (Wildman–Crippen MR) is 238 cm³/mol. The van der Waals surface area contributed by atoms with Gasteiger partial charge in [-0.2, -0.15) is 18.3 Å². The minimum Gasteiger partial charge on any atom is -0.391 e. The summed E-state index contributed by atoms with van der Waals surface area (Å²) in [6.45, 7) is 7.65. The smallest absolute Gasteiger partial charge is 0.391 e. The molecule has 1 fully saturated rings. The number of ether oxygens (including phenoxy) is 2. The number of aryl methyl sites for hydroxylation is 2. The molecular weight excluding hydrogens is 866 g/mol. The average Bonchev–Trinajstić information content (AvgIpc) is 4.04. The van der Waals surface area contributed by atoms with Gasteiger partial charge in [0.25, 0.3) is 5.91 Å². The van der Waals surface area contributed by atoms with E-state index in [0.29, 0.717) is 27.8 Å². The van der Waals surface area contributed by atoms with Crippen LogP contribution in [-0.4, -0.2) is 111 Å². The number of carbonyl (C=O) groups excluding carboxylic acids is 4. The standard InChI is InChI=1S/C46H51F3N8O7S/c1-27-39(65-26-52-27)29-8-6-28(7-9-29)22-51-43(61)37-21-33(58)23-56(37)44(62)40(45(2,3)4)53-38(59)25-64-19-18-63-17-16-50-42(60)30-10-15-36-34(20-30)35-24-55(5)54-41(35)57(36)32-13-11-31(12-14-32)46(47,48)49/h6-15,20,24,26,33,37,40,58H,16-19,21-23,25H2,1-5H3,(H,50,60)(H,51,61)(H,53,59)/t33-,37?,40-/m1/s1. The summed E-state index contributed by atoms with van der Waals surface area (Å²) < 4.78 is 54.1. The van der Waals surface area contributed by atoms with Crippen molar-refractivity contribution in [2.24, 2.45) is 12.5 Å². The number of benzene rings is 3. The van der Waals surface area contributed by atoms with Crippen molar-refractivity contribution in [2.75, 3.05) is 39.5 Å². The zero-order chi connectivity index (χ0) is 46.6. The molecule has 4 amide bonds. The number of hydrogen-bond donors (Lipinski definition) is 4. The lowest BCUT2D eigenvalue weighted by atomic mass is 9.85. The monoisotopic (exact) mass is 916 g/mol. The largest absolute Gasteiger partial charge is 0.416 e. The molecule has 0 saturated carbocycles. The molecule has 65 heavy (non-hydrogen) atoms. The number of carbonyl (C=O) groups is 4. The summed E-state index contributed by atoms with van der Waals surface area (Å²) in [6.07, 6.45) is -3.52. The van der Waals surface area contributed by atoms with Crippen molar-refractivity contribution >= 4 is 56.9 Å². The van der Waals surface area contributed by atoms with Crippen molar-refractivity contribution in [1.82, 2.24) is 40.2 Å². The average molecular weight is 917 g/mol. The van der Waals surface area contributed by atoms with Gasteiger partial charge in [-0.05, 0) is 65.9 Å². The van der Waals surface area contributed by atoms with Crippen molar-refractivity contribution in [2.45, 2.75) is 65.0 Å². The molecule has 1 aliphatic heterocycles. The summed E-state index contributed by atoms with van der Waals surface area (Å²) in [6, 6.07) is 15.7. The first-order chi connectivity index (χ1) is 30.9. The number of hydrogen-bond acceptors (Lipinski definition) is 10. The molecule has 3 atom stereocenters. The zero-order valence-corrected chi connectivity index (χ0v) is 37.4. The number of rotatable bonds is 16. The number of fused-ring (bicyclic) bond motifs is 3. The van der Waals surface area contributed by atoms with Crippen LogP contribution in [0.25, 0.3) is 38.1 Å².